The molecule has 0 aliphatic carbocycles. The van der Waals surface area contributed by atoms with Crippen LogP contribution >= 0.6 is 11.8 Å². The summed E-state index contributed by atoms with van der Waals surface area (Å²) in [5, 5.41) is 3.64. The van der Waals surface area contributed by atoms with E-state index >= 15 is 0 Å². The lowest BCUT2D eigenvalue weighted by atomic mass is 10.2. The van der Waals surface area contributed by atoms with Crippen LogP contribution in [0.4, 0.5) is 5.69 Å². The molecule has 0 unspecified atom stereocenters. The highest BCUT2D eigenvalue weighted by Gasteiger charge is 2.14. The molecule has 3 aromatic rings. The highest BCUT2D eigenvalue weighted by molar-refractivity contribution is 7.99. The summed E-state index contributed by atoms with van der Waals surface area (Å²) in [6.45, 7) is 3.97. The summed E-state index contributed by atoms with van der Waals surface area (Å²) in [4.78, 5) is 17.5. The van der Waals surface area contributed by atoms with Gasteiger partial charge in [-0.1, -0.05) is 18.7 Å². The van der Waals surface area contributed by atoms with Gasteiger partial charge in [0.25, 0.3) is 15.9 Å². The van der Waals surface area contributed by atoms with Crippen molar-refractivity contribution >= 4 is 33.4 Å². The molecule has 9 heteroatoms. The number of benzene rings is 2. The first-order valence-corrected chi connectivity index (χ1v) is 12.3. The summed E-state index contributed by atoms with van der Waals surface area (Å²) in [6.07, 6.45) is 2.41. The van der Waals surface area contributed by atoms with Crippen molar-refractivity contribution in [3.63, 3.8) is 0 Å². The van der Waals surface area contributed by atoms with Crippen LogP contribution in [0.3, 0.4) is 0 Å². The Morgan fingerprint density at radius 3 is 2.31 bits per heavy atom. The van der Waals surface area contributed by atoms with E-state index < -0.39 is 10.0 Å². The summed E-state index contributed by atoms with van der Waals surface area (Å²) in [5.74, 6) is 0.444. The number of methoxy groups -OCH3 is 1. The van der Waals surface area contributed by atoms with Crippen LogP contribution in [0.2, 0.25) is 0 Å². The number of hydrogen-bond acceptors (Lipinski definition) is 6. The van der Waals surface area contributed by atoms with Gasteiger partial charge in [-0.15, -0.1) is 0 Å². The van der Waals surface area contributed by atoms with Gasteiger partial charge in [-0.3, -0.25) is 9.52 Å². The Labute approximate surface area is 192 Å². The number of rotatable bonds is 9. The van der Waals surface area contributed by atoms with Crippen molar-refractivity contribution in [2.24, 2.45) is 0 Å². The van der Waals surface area contributed by atoms with Crippen LogP contribution in [0.1, 0.15) is 30.6 Å². The van der Waals surface area contributed by atoms with E-state index in [0.717, 1.165) is 16.3 Å². The lowest BCUT2D eigenvalue weighted by Gasteiger charge is -2.11. The lowest BCUT2D eigenvalue weighted by molar-refractivity contribution is 0.0938. The normalized spacial score (nSPS) is 12.1. The molecular weight excluding hydrogens is 446 g/mol. The van der Waals surface area contributed by atoms with Crippen molar-refractivity contribution in [1.29, 1.82) is 0 Å². The fourth-order valence-electron chi connectivity index (χ4n) is 2.66. The molecule has 0 fully saturated rings. The Bertz CT molecular complexity index is 1150. The van der Waals surface area contributed by atoms with Crippen molar-refractivity contribution in [2.45, 2.75) is 41.1 Å². The number of nitrogens with zero attached hydrogens (tertiary/aromatic N) is 1. The quantitative estimate of drug-likeness (QED) is 0.474. The third kappa shape index (κ3) is 6.24. The Hall–Kier alpha value is -3.04. The molecule has 1 atom stereocenters. The zero-order chi connectivity index (χ0) is 23.1. The molecule has 0 radical (unpaired) electrons. The summed E-state index contributed by atoms with van der Waals surface area (Å²) in [5.41, 5.74) is 0.966. The molecule has 0 aliphatic rings. The molecule has 0 spiro atoms. The molecule has 0 saturated carbocycles. The topological polar surface area (TPSA) is 97.4 Å². The van der Waals surface area contributed by atoms with Gasteiger partial charge < -0.3 is 10.1 Å². The van der Waals surface area contributed by atoms with Crippen LogP contribution in [-0.2, 0) is 10.0 Å². The highest BCUT2D eigenvalue weighted by atomic mass is 32.2. The summed E-state index contributed by atoms with van der Waals surface area (Å²) in [7, 11) is -2.17. The van der Waals surface area contributed by atoms with Gasteiger partial charge in [-0.25, -0.2) is 13.4 Å². The first kappa shape index (κ1) is 23.6. The Morgan fingerprint density at radius 2 is 1.75 bits per heavy atom. The van der Waals surface area contributed by atoms with E-state index in [1.807, 2.05) is 26.0 Å². The molecule has 32 heavy (non-hydrogen) atoms. The maximum atomic E-state index is 12.6. The molecule has 0 saturated heterocycles. The number of aromatic nitrogens is 1. The number of sulfonamides is 1. The molecule has 168 valence electrons. The van der Waals surface area contributed by atoms with E-state index in [2.05, 4.69) is 15.0 Å². The second-order valence-electron chi connectivity index (χ2n) is 7.08. The highest BCUT2D eigenvalue weighted by Crippen LogP contribution is 2.28. The lowest BCUT2D eigenvalue weighted by Crippen LogP contribution is -2.31. The molecule has 2 aromatic carbocycles. The van der Waals surface area contributed by atoms with E-state index in [9.17, 15) is 13.2 Å². The average Bonchev–Trinajstić information content (AvgIpc) is 2.80. The molecule has 1 amide bonds. The van der Waals surface area contributed by atoms with Gasteiger partial charge in [0, 0.05) is 22.8 Å². The molecule has 7 nitrogen and oxygen atoms in total. The fourth-order valence-corrected chi connectivity index (χ4v) is 4.48. The second-order valence-corrected chi connectivity index (χ2v) is 9.85. The number of carbonyl (C=O) groups excluding carboxylic acids is 1. The van der Waals surface area contributed by atoms with E-state index in [1.165, 1.54) is 31.0 Å². The Morgan fingerprint density at radius 1 is 1.06 bits per heavy atom. The van der Waals surface area contributed by atoms with Gasteiger partial charge in [0.05, 0.1) is 17.6 Å². The van der Waals surface area contributed by atoms with Crippen molar-refractivity contribution < 1.29 is 17.9 Å². The maximum Gasteiger partial charge on any atom is 0.261 e. The van der Waals surface area contributed by atoms with E-state index in [4.69, 9.17) is 4.74 Å². The summed E-state index contributed by atoms with van der Waals surface area (Å²) < 4.78 is 32.7. The number of amides is 1. The standard InChI is InChI=1S/C23H25N3O4S2/c1-4-16(2)25-23(27)17-5-14-22(24-15-17)31-20-10-6-18(7-11-20)26-32(28,29)21-12-8-19(30-3)9-13-21/h5-16,26H,4H2,1-3H3,(H,25,27)/t16-/m1/s1. The van der Waals surface area contributed by atoms with Crippen LogP contribution < -0.4 is 14.8 Å². The summed E-state index contributed by atoms with van der Waals surface area (Å²) >= 11 is 1.42. The van der Waals surface area contributed by atoms with E-state index in [0.29, 0.717) is 17.0 Å². The van der Waals surface area contributed by atoms with Crippen LogP contribution in [0.15, 0.2) is 81.7 Å². The molecule has 1 heterocycles. The number of hydrogen-bond donors (Lipinski definition) is 2. The Balaban J connectivity index is 1.62. The number of anilines is 1. The predicted molar refractivity (Wildman–Crippen MR) is 126 cm³/mol. The average molecular weight is 472 g/mol. The monoisotopic (exact) mass is 471 g/mol. The number of nitrogens with one attached hydrogen (secondary N) is 2. The fraction of sp³-hybridized carbons (Fsp3) is 0.217. The van der Waals surface area contributed by atoms with Gasteiger partial charge in [0.1, 0.15) is 10.8 Å². The van der Waals surface area contributed by atoms with Gasteiger partial charge in [0.15, 0.2) is 0 Å². The Kier molecular flexibility index (Phi) is 7.76. The van der Waals surface area contributed by atoms with Crippen molar-refractivity contribution in [3.05, 3.63) is 72.4 Å². The van der Waals surface area contributed by atoms with Crippen LogP contribution in [0.25, 0.3) is 0 Å². The summed E-state index contributed by atoms with van der Waals surface area (Å²) in [6, 6.07) is 16.8. The number of ether oxygens (including phenoxy) is 1. The van der Waals surface area contributed by atoms with E-state index in [-0.39, 0.29) is 16.8 Å². The second kappa shape index (κ2) is 10.5. The first-order valence-electron chi connectivity index (χ1n) is 10.0. The van der Waals surface area contributed by atoms with E-state index in [1.54, 1.807) is 42.6 Å². The minimum absolute atomic E-state index is 0.109. The van der Waals surface area contributed by atoms with Crippen molar-refractivity contribution in [3.8, 4) is 5.75 Å². The predicted octanol–water partition coefficient (Wildman–Crippen LogP) is 4.57. The molecule has 2 N–H and O–H groups in total. The van der Waals surface area contributed by atoms with Gasteiger partial charge in [-0.05, 0) is 74.0 Å². The smallest absolute Gasteiger partial charge is 0.261 e. The number of carbonyl (C=O) groups is 1. The molecular formula is C23H25N3O4S2. The first-order chi connectivity index (χ1) is 15.3. The molecule has 1 aromatic heterocycles. The number of pyridine rings is 1. The van der Waals surface area contributed by atoms with Gasteiger partial charge >= 0.3 is 0 Å². The molecule has 0 bridgehead atoms. The minimum Gasteiger partial charge on any atom is -0.497 e. The minimum atomic E-state index is -3.70. The third-order valence-electron chi connectivity index (χ3n) is 4.69. The van der Waals surface area contributed by atoms with Gasteiger partial charge in [0.2, 0.25) is 0 Å². The maximum absolute atomic E-state index is 12.6. The van der Waals surface area contributed by atoms with Crippen LogP contribution in [-0.4, -0.2) is 32.5 Å². The van der Waals surface area contributed by atoms with Crippen LogP contribution in [0.5, 0.6) is 5.75 Å². The van der Waals surface area contributed by atoms with Crippen molar-refractivity contribution in [2.75, 3.05) is 11.8 Å². The van der Waals surface area contributed by atoms with Crippen LogP contribution in [0, 0.1) is 0 Å². The zero-order valence-electron chi connectivity index (χ0n) is 18.0. The zero-order valence-corrected chi connectivity index (χ0v) is 19.7. The molecule has 3 rings (SSSR count). The largest absolute Gasteiger partial charge is 0.497 e. The third-order valence-corrected chi connectivity index (χ3v) is 7.04. The van der Waals surface area contributed by atoms with Gasteiger partial charge in [-0.2, -0.15) is 0 Å². The SMILES string of the molecule is CC[C@@H](C)NC(=O)c1ccc(Sc2ccc(NS(=O)(=O)c3ccc(OC)cc3)cc2)nc1. The molecule has 0 aliphatic heterocycles. The van der Waals surface area contributed by atoms with Crippen molar-refractivity contribution in [1.82, 2.24) is 10.3 Å².